The van der Waals surface area contributed by atoms with E-state index in [4.69, 9.17) is 0 Å². The van der Waals surface area contributed by atoms with Crippen molar-refractivity contribution >= 4 is 21.6 Å². The third kappa shape index (κ3) is 5.29. The highest BCUT2D eigenvalue weighted by molar-refractivity contribution is 7.89. The van der Waals surface area contributed by atoms with Gasteiger partial charge in [-0.1, -0.05) is 18.6 Å². The lowest BCUT2D eigenvalue weighted by molar-refractivity contribution is -0.167. The van der Waals surface area contributed by atoms with Crippen LogP contribution in [0.1, 0.15) is 42.9 Å². The number of piperidine rings is 2. The van der Waals surface area contributed by atoms with Crippen LogP contribution in [0.2, 0.25) is 0 Å². The van der Waals surface area contributed by atoms with Crippen molar-refractivity contribution in [1.82, 2.24) is 9.62 Å². The number of sulfonamides is 1. The van der Waals surface area contributed by atoms with Crippen molar-refractivity contribution in [2.24, 2.45) is 5.92 Å². The first-order chi connectivity index (χ1) is 13.7. The molecule has 10 heteroatoms. The van der Waals surface area contributed by atoms with E-state index in [2.05, 4.69) is 5.32 Å². The number of rotatable bonds is 5. The molecule has 1 aromatic carbocycles. The SMILES string of the molecule is O=C(Nc1ccc(C(C2CCNCC2)S(=O)(=O)N2CCCCC2)cc1)C(F)(F)F. The van der Waals surface area contributed by atoms with Crippen molar-refractivity contribution in [1.29, 1.82) is 0 Å². The Morgan fingerprint density at radius 2 is 1.66 bits per heavy atom. The normalized spacial score (nSPS) is 20.9. The van der Waals surface area contributed by atoms with Crippen LogP contribution in [-0.4, -0.2) is 51.0 Å². The molecule has 0 spiro atoms. The summed E-state index contributed by atoms with van der Waals surface area (Å²) in [6.45, 7) is 2.47. The molecule has 3 rings (SSSR count). The summed E-state index contributed by atoms with van der Waals surface area (Å²) in [5.74, 6) is -2.13. The minimum Gasteiger partial charge on any atom is -0.318 e. The summed E-state index contributed by atoms with van der Waals surface area (Å²) < 4.78 is 65.8. The predicted octanol–water partition coefficient (Wildman–Crippen LogP) is 3.04. The van der Waals surface area contributed by atoms with Crippen molar-refractivity contribution in [3.63, 3.8) is 0 Å². The molecule has 2 aliphatic rings. The Hall–Kier alpha value is -1.65. The Balaban J connectivity index is 1.87. The van der Waals surface area contributed by atoms with Crippen molar-refractivity contribution in [2.75, 3.05) is 31.5 Å². The van der Waals surface area contributed by atoms with Gasteiger partial charge in [0.05, 0.1) is 0 Å². The molecule has 0 aromatic heterocycles. The maximum atomic E-state index is 13.5. The molecule has 1 aromatic rings. The zero-order valence-electron chi connectivity index (χ0n) is 16.0. The second-order valence-electron chi connectivity index (χ2n) is 7.59. The molecule has 0 saturated carbocycles. The second kappa shape index (κ2) is 9.01. The van der Waals surface area contributed by atoms with Crippen molar-refractivity contribution < 1.29 is 26.4 Å². The molecule has 1 atom stereocenters. The molecule has 0 radical (unpaired) electrons. The van der Waals surface area contributed by atoms with Crippen molar-refractivity contribution in [3.05, 3.63) is 29.8 Å². The first kappa shape index (κ1) is 22.0. The number of nitrogens with zero attached hydrogens (tertiary/aromatic N) is 1. The molecule has 2 aliphatic heterocycles. The van der Waals surface area contributed by atoms with Gasteiger partial charge < -0.3 is 10.6 Å². The number of nitrogens with one attached hydrogen (secondary N) is 2. The molecule has 29 heavy (non-hydrogen) atoms. The molecule has 0 aliphatic carbocycles. The van der Waals surface area contributed by atoms with Gasteiger partial charge in [0.2, 0.25) is 10.0 Å². The average Bonchev–Trinajstić information content (AvgIpc) is 2.70. The lowest BCUT2D eigenvalue weighted by atomic mass is 9.90. The van der Waals surface area contributed by atoms with Crippen LogP contribution in [0.4, 0.5) is 18.9 Å². The monoisotopic (exact) mass is 433 g/mol. The minimum absolute atomic E-state index is 0.0180. The van der Waals surface area contributed by atoms with E-state index in [0.29, 0.717) is 31.5 Å². The number of hydrogen-bond acceptors (Lipinski definition) is 4. The van der Waals surface area contributed by atoms with Crippen LogP contribution in [0.5, 0.6) is 0 Å². The molecular weight excluding hydrogens is 407 g/mol. The van der Waals surface area contributed by atoms with Crippen molar-refractivity contribution in [3.8, 4) is 0 Å². The molecule has 2 saturated heterocycles. The number of halogens is 3. The van der Waals surface area contributed by atoms with Crippen LogP contribution in [0.25, 0.3) is 0 Å². The molecule has 6 nitrogen and oxygen atoms in total. The number of benzene rings is 1. The summed E-state index contributed by atoms with van der Waals surface area (Å²) in [6, 6.07) is 5.69. The van der Waals surface area contributed by atoms with Gasteiger partial charge in [-0.25, -0.2) is 12.7 Å². The molecule has 162 valence electrons. The number of carbonyl (C=O) groups is 1. The Morgan fingerprint density at radius 3 is 2.21 bits per heavy atom. The fraction of sp³-hybridized carbons (Fsp3) is 0.632. The van der Waals surface area contributed by atoms with E-state index < -0.39 is 27.4 Å². The Kier molecular flexibility index (Phi) is 6.85. The zero-order chi connectivity index (χ0) is 21.1. The first-order valence-electron chi connectivity index (χ1n) is 9.87. The number of carbonyl (C=O) groups excluding carboxylic acids is 1. The van der Waals surface area contributed by atoms with Crippen LogP contribution >= 0.6 is 0 Å². The Bertz CT molecular complexity index is 800. The van der Waals surface area contributed by atoms with E-state index in [1.54, 1.807) is 9.62 Å². The van der Waals surface area contributed by atoms with Gasteiger partial charge in [0, 0.05) is 18.8 Å². The third-order valence-electron chi connectivity index (χ3n) is 5.56. The summed E-state index contributed by atoms with van der Waals surface area (Å²) in [4.78, 5) is 11.1. The third-order valence-corrected chi connectivity index (χ3v) is 7.95. The topological polar surface area (TPSA) is 78.5 Å². The summed E-state index contributed by atoms with van der Waals surface area (Å²) in [5.41, 5.74) is 0.531. The standard InChI is InChI=1S/C19H26F3N3O3S/c20-19(21,22)18(26)24-16-6-4-14(5-7-16)17(15-8-10-23-11-9-15)29(27,28)25-12-2-1-3-13-25/h4-7,15,17,23H,1-3,8-13H2,(H,24,26). The zero-order valence-corrected chi connectivity index (χ0v) is 16.9. The minimum atomic E-state index is -4.98. The smallest absolute Gasteiger partial charge is 0.318 e. The fourth-order valence-electron chi connectivity index (χ4n) is 4.07. The van der Waals surface area contributed by atoms with Crippen LogP contribution in [0.15, 0.2) is 24.3 Å². The molecule has 1 amide bonds. The maximum Gasteiger partial charge on any atom is 0.471 e. The molecular formula is C19H26F3N3O3S. The van der Waals surface area contributed by atoms with Gasteiger partial charge in [0.25, 0.3) is 0 Å². The number of anilines is 1. The molecule has 0 bridgehead atoms. The molecule has 2 fully saturated rings. The lowest BCUT2D eigenvalue weighted by Gasteiger charge is -2.36. The number of alkyl halides is 3. The summed E-state index contributed by atoms with van der Waals surface area (Å²) in [6.07, 6.45) is -0.874. The number of amides is 1. The van der Waals surface area contributed by atoms with Crippen LogP contribution < -0.4 is 10.6 Å². The average molecular weight is 433 g/mol. The van der Waals surface area contributed by atoms with E-state index in [1.807, 2.05) is 0 Å². The largest absolute Gasteiger partial charge is 0.471 e. The molecule has 2 N–H and O–H groups in total. The number of hydrogen-bond donors (Lipinski definition) is 2. The van der Waals surface area contributed by atoms with Gasteiger partial charge >= 0.3 is 12.1 Å². The Labute approximate surface area is 168 Å². The van der Waals surface area contributed by atoms with Gasteiger partial charge in [-0.3, -0.25) is 4.79 Å². The highest BCUT2D eigenvalue weighted by Gasteiger charge is 2.40. The molecule has 2 heterocycles. The van der Waals surface area contributed by atoms with Crippen molar-refractivity contribution in [2.45, 2.75) is 43.5 Å². The fourth-order valence-corrected chi connectivity index (χ4v) is 6.42. The first-order valence-corrected chi connectivity index (χ1v) is 11.4. The summed E-state index contributed by atoms with van der Waals surface area (Å²) in [5, 5.41) is 4.29. The van der Waals surface area contributed by atoms with E-state index in [9.17, 15) is 26.4 Å². The van der Waals surface area contributed by atoms with Crippen LogP contribution in [0.3, 0.4) is 0 Å². The van der Waals surface area contributed by atoms with E-state index in [1.165, 1.54) is 24.3 Å². The lowest BCUT2D eigenvalue weighted by Crippen LogP contribution is -2.42. The van der Waals surface area contributed by atoms with Gasteiger partial charge in [0.15, 0.2) is 0 Å². The summed E-state index contributed by atoms with van der Waals surface area (Å²) in [7, 11) is -3.60. The van der Waals surface area contributed by atoms with Crippen LogP contribution in [0, 0.1) is 5.92 Å². The van der Waals surface area contributed by atoms with Gasteiger partial charge in [-0.15, -0.1) is 0 Å². The van der Waals surface area contributed by atoms with Gasteiger partial charge in [0.1, 0.15) is 5.25 Å². The second-order valence-corrected chi connectivity index (χ2v) is 9.64. The Morgan fingerprint density at radius 1 is 1.07 bits per heavy atom. The molecule has 1 unspecified atom stereocenters. The van der Waals surface area contributed by atoms with Gasteiger partial charge in [-0.05, 0) is 62.4 Å². The quantitative estimate of drug-likeness (QED) is 0.748. The van der Waals surface area contributed by atoms with Gasteiger partial charge in [-0.2, -0.15) is 13.2 Å². The summed E-state index contributed by atoms with van der Waals surface area (Å²) >= 11 is 0. The van der Waals surface area contributed by atoms with E-state index in [0.717, 1.165) is 32.4 Å². The van der Waals surface area contributed by atoms with Crippen LogP contribution in [-0.2, 0) is 14.8 Å². The van der Waals surface area contributed by atoms with E-state index >= 15 is 0 Å². The predicted molar refractivity (Wildman–Crippen MR) is 104 cm³/mol. The maximum absolute atomic E-state index is 13.5. The highest BCUT2D eigenvalue weighted by Crippen LogP contribution is 2.38. The van der Waals surface area contributed by atoms with E-state index in [-0.39, 0.29) is 11.6 Å². The highest BCUT2D eigenvalue weighted by atomic mass is 32.2.